The SMILES string of the molecule is O=C1c2cccc(N3CCC[C@@H](C(=O)N4CCCC[C@H]4c4cccnc4)C3)c2C(=O)N1Cc1ccccc1Cl. The first-order valence-corrected chi connectivity index (χ1v) is 14.1. The molecule has 200 valence electrons. The summed E-state index contributed by atoms with van der Waals surface area (Å²) in [5, 5.41) is 0.522. The minimum absolute atomic E-state index is 0.0499. The van der Waals surface area contributed by atoms with Crippen LogP contribution in [0.25, 0.3) is 0 Å². The molecule has 2 fully saturated rings. The molecule has 0 N–H and O–H groups in total. The van der Waals surface area contributed by atoms with E-state index in [1.165, 1.54) is 4.90 Å². The van der Waals surface area contributed by atoms with Crippen LogP contribution < -0.4 is 4.90 Å². The molecule has 7 nitrogen and oxygen atoms in total. The van der Waals surface area contributed by atoms with E-state index in [1.54, 1.807) is 18.3 Å². The standard InChI is InChI=1S/C31H31ClN4O3/c32-25-12-2-1-8-22(25)20-36-30(38)24-11-5-14-27(28(24)31(36)39)34-16-7-10-23(19-34)29(37)35-17-4-3-13-26(35)21-9-6-15-33-18-21/h1-2,5-6,8-9,11-12,14-15,18,23,26H,3-4,7,10,13,16-17,19-20H2/t23-,26+/m1/s1. The Bertz CT molecular complexity index is 1410. The smallest absolute Gasteiger partial charge is 0.263 e. The number of fused-ring (bicyclic) bond motifs is 1. The van der Waals surface area contributed by atoms with Crippen LogP contribution in [-0.4, -0.2) is 52.1 Å². The van der Waals surface area contributed by atoms with Crippen molar-refractivity contribution in [2.45, 2.75) is 44.7 Å². The van der Waals surface area contributed by atoms with Gasteiger partial charge in [-0.3, -0.25) is 24.3 Å². The first kappa shape index (κ1) is 25.6. The number of nitrogens with zero attached hydrogens (tertiary/aromatic N) is 4. The third-order valence-corrected chi connectivity index (χ3v) is 8.60. The molecule has 0 aliphatic carbocycles. The van der Waals surface area contributed by atoms with Crippen LogP contribution in [0.4, 0.5) is 5.69 Å². The molecule has 1 aromatic heterocycles. The van der Waals surface area contributed by atoms with Gasteiger partial charge in [-0.2, -0.15) is 0 Å². The van der Waals surface area contributed by atoms with Crippen molar-refractivity contribution >= 4 is 35.0 Å². The van der Waals surface area contributed by atoms with Gasteiger partial charge in [0.25, 0.3) is 11.8 Å². The number of likely N-dealkylation sites (tertiary alicyclic amines) is 1. The number of hydrogen-bond acceptors (Lipinski definition) is 5. The lowest BCUT2D eigenvalue weighted by atomic mass is 9.91. The highest BCUT2D eigenvalue weighted by atomic mass is 35.5. The van der Waals surface area contributed by atoms with E-state index in [9.17, 15) is 14.4 Å². The lowest BCUT2D eigenvalue weighted by molar-refractivity contribution is -0.139. The van der Waals surface area contributed by atoms with E-state index in [4.69, 9.17) is 11.6 Å². The van der Waals surface area contributed by atoms with Gasteiger partial charge in [-0.05, 0) is 67.5 Å². The van der Waals surface area contributed by atoms with E-state index in [1.807, 2.05) is 47.5 Å². The van der Waals surface area contributed by atoms with E-state index >= 15 is 0 Å². The Morgan fingerprint density at radius 2 is 1.79 bits per heavy atom. The first-order valence-electron chi connectivity index (χ1n) is 13.7. The molecule has 39 heavy (non-hydrogen) atoms. The molecule has 0 bridgehead atoms. The number of hydrogen-bond donors (Lipinski definition) is 0. The monoisotopic (exact) mass is 542 g/mol. The molecule has 3 amide bonds. The van der Waals surface area contributed by atoms with Crippen molar-refractivity contribution in [3.05, 3.63) is 94.3 Å². The first-order chi connectivity index (χ1) is 19.0. The van der Waals surface area contributed by atoms with Crippen molar-refractivity contribution in [2.75, 3.05) is 24.5 Å². The molecular weight excluding hydrogens is 512 g/mol. The fourth-order valence-corrected chi connectivity index (χ4v) is 6.46. The van der Waals surface area contributed by atoms with Gasteiger partial charge in [0, 0.05) is 37.1 Å². The summed E-state index contributed by atoms with van der Waals surface area (Å²) in [5.41, 5.74) is 3.37. The van der Waals surface area contributed by atoms with Gasteiger partial charge in [0.2, 0.25) is 5.91 Å². The number of pyridine rings is 1. The van der Waals surface area contributed by atoms with Crippen LogP contribution in [0.15, 0.2) is 67.0 Å². The zero-order chi connectivity index (χ0) is 26.9. The third-order valence-electron chi connectivity index (χ3n) is 8.23. The second-order valence-corrected chi connectivity index (χ2v) is 11.0. The van der Waals surface area contributed by atoms with Crippen LogP contribution in [0.1, 0.15) is 70.0 Å². The van der Waals surface area contributed by atoms with E-state index in [-0.39, 0.29) is 36.2 Å². The number of amides is 3. The second kappa shape index (κ2) is 10.8. The Hall–Kier alpha value is -3.71. The summed E-state index contributed by atoms with van der Waals surface area (Å²) in [5.74, 6) is -0.623. The molecule has 0 unspecified atom stereocenters. The average molecular weight is 543 g/mol. The predicted molar refractivity (Wildman–Crippen MR) is 150 cm³/mol. The van der Waals surface area contributed by atoms with Gasteiger partial charge in [0.05, 0.1) is 35.3 Å². The maximum Gasteiger partial charge on any atom is 0.263 e. The molecule has 0 saturated carbocycles. The third kappa shape index (κ3) is 4.80. The molecule has 0 radical (unpaired) electrons. The van der Waals surface area contributed by atoms with Crippen LogP contribution in [0, 0.1) is 5.92 Å². The van der Waals surface area contributed by atoms with Crippen molar-refractivity contribution in [3.8, 4) is 0 Å². The Kier molecular flexibility index (Phi) is 7.09. The van der Waals surface area contributed by atoms with Gasteiger partial charge in [0.1, 0.15) is 0 Å². The Balaban J connectivity index is 1.23. The number of rotatable bonds is 5. The number of aromatic nitrogens is 1. The molecule has 3 aromatic rings. The van der Waals surface area contributed by atoms with E-state index in [0.29, 0.717) is 22.7 Å². The van der Waals surface area contributed by atoms with Crippen molar-refractivity contribution in [1.29, 1.82) is 0 Å². The summed E-state index contributed by atoms with van der Waals surface area (Å²) in [4.78, 5) is 50.5. The van der Waals surface area contributed by atoms with Crippen LogP contribution in [0.2, 0.25) is 5.02 Å². The minimum atomic E-state index is -0.313. The fraction of sp³-hybridized carbons (Fsp3) is 0.355. The summed E-state index contributed by atoms with van der Waals surface area (Å²) in [6.07, 6.45) is 8.33. The van der Waals surface area contributed by atoms with Gasteiger partial charge >= 0.3 is 0 Å². The zero-order valence-corrected chi connectivity index (χ0v) is 22.5. The molecule has 2 atom stereocenters. The summed E-state index contributed by atoms with van der Waals surface area (Å²) in [6.45, 7) is 2.13. The second-order valence-electron chi connectivity index (χ2n) is 10.6. The van der Waals surface area contributed by atoms with Gasteiger partial charge < -0.3 is 9.80 Å². The minimum Gasteiger partial charge on any atom is -0.370 e. The number of anilines is 1. The molecule has 4 heterocycles. The zero-order valence-electron chi connectivity index (χ0n) is 21.8. The largest absolute Gasteiger partial charge is 0.370 e. The summed E-state index contributed by atoms with van der Waals surface area (Å²) >= 11 is 6.32. The maximum atomic E-state index is 13.9. The van der Waals surface area contributed by atoms with Gasteiger partial charge in [-0.15, -0.1) is 0 Å². The summed E-state index contributed by atoms with van der Waals surface area (Å²) in [6, 6.07) is 16.7. The number of imide groups is 1. The Morgan fingerprint density at radius 1 is 0.923 bits per heavy atom. The number of carbonyl (C=O) groups excluding carboxylic acids is 3. The average Bonchev–Trinajstić information content (AvgIpc) is 3.23. The maximum absolute atomic E-state index is 13.9. The molecular formula is C31H31ClN4O3. The normalized spacial score (nSPS) is 21.3. The van der Waals surface area contributed by atoms with Crippen LogP contribution in [-0.2, 0) is 11.3 Å². The molecule has 2 aromatic carbocycles. The van der Waals surface area contributed by atoms with E-state index < -0.39 is 0 Å². The van der Waals surface area contributed by atoms with Gasteiger partial charge in [-0.25, -0.2) is 0 Å². The Morgan fingerprint density at radius 3 is 2.62 bits per heavy atom. The van der Waals surface area contributed by atoms with Crippen molar-refractivity contribution in [2.24, 2.45) is 5.92 Å². The summed E-state index contributed by atoms with van der Waals surface area (Å²) < 4.78 is 0. The van der Waals surface area contributed by atoms with Gasteiger partial charge in [0.15, 0.2) is 0 Å². The highest BCUT2D eigenvalue weighted by Gasteiger charge is 2.40. The van der Waals surface area contributed by atoms with Crippen molar-refractivity contribution < 1.29 is 14.4 Å². The molecule has 2 saturated heterocycles. The van der Waals surface area contributed by atoms with Crippen LogP contribution in [0.5, 0.6) is 0 Å². The number of halogens is 1. The Labute approximate surface area is 233 Å². The van der Waals surface area contributed by atoms with Crippen molar-refractivity contribution in [3.63, 3.8) is 0 Å². The van der Waals surface area contributed by atoms with Gasteiger partial charge in [-0.1, -0.05) is 41.9 Å². The molecule has 3 aliphatic rings. The predicted octanol–water partition coefficient (Wildman–Crippen LogP) is 5.50. The van der Waals surface area contributed by atoms with Crippen LogP contribution >= 0.6 is 11.6 Å². The summed E-state index contributed by atoms with van der Waals surface area (Å²) in [7, 11) is 0. The number of piperidine rings is 2. The highest BCUT2D eigenvalue weighted by molar-refractivity contribution is 6.31. The van der Waals surface area contributed by atoms with Crippen LogP contribution in [0.3, 0.4) is 0 Å². The topological polar surface area (TPSA) is 73.8 Å². The quantitative estimate of drug-likeness (QED) is 0.398. The number of benzene rings is 2. The molecule has 3 aliphatic heterocycles. The molecule has 6 rings (SSSR count). The van der Waals surface area contributed by atoms with E-state index in [0.717, 1.165) is 62.0 Å². The number of carbonyl (C=O) groups is 3. The highest BCUT2D eigenvalue weighted by Crippen LogP contribution is 2.37. The molecule has 0 spiro atoms. The fourth-order valence-electron chi connectivity index (χ4n) is 6.27. The lowest BCUT2D eigenvalue weighted by Crippen LogP contribution is -2.47. The van der Waals surface area contributed by atoms with E-state index in [2.05, 4.69) is 16.0 Å². The van der Waals surface area contributed by atoms with Crippen molar-refractivity contribution in [1.82, 2.24) is 14.8 Å². The lowest BCUT2D eigenvalue weighted by Gasteiger charge is -2.41. The molecule has 8 heteroatoms.